The first-order valence-electron chi connectivity index (χ1n) is 6.63. The monoisotopic (exact) mass is 268 g/mol. The van der Waals surface area contributed by atoms with E-state index in [1.807, 2.05) is 50.2 Å². The second kappa shape index (κ2) is 6.29. The summed E-state index contributed by atoms with van der Waals surface area (Å²) < 4.78 is 11.3. The molecule has 2 rings (SSSR count). The van der Waals surface area contributed by atoms with E-state index in [4.69, 9.17) is 9.47 Å². The molecule has 0 radical (unpaired) electrons. The zero-order chi connectivity index (χ0) is 14.5. The molecule has 0 atom stereocenters. The zero-order valence-corrected chi connectivity index (χ0v) is 12.1. The highest BCUT2D eigenvalue weighted by atomic mass is 16.5. The van der Waals surface area contributed by atoms with Crippen LogP contribution in [-0.4, -0.2) is 13.2 Å². The van der Waals surface area contributed by atoms with Crippen LogP contribution < -0.4 is 9.47 Å². The maximum absolute atomic E-state index is 5.64. The third-order valence-electron chi connectivity index (χ3n) is 2.75. The molecule has 0 amide bonds. The van der Waals surface area contributed by atoms with Gasteiger partial charge in [0, 0.05) is 0 Å². The first-order chi connectivity index (χ1) is 9.54. The second-order valence-corrected chi connectivity index (χ2v) is 5.16. The van der Waals surface area contributed by atoms with Gasteiger partial charge in [-0.05, 0) is 60.0 Å². The minimum Gasteiger partial charge on any atom is -0.489 e. The van der Waals surface area contributed by atoms with E-state index in [1.165, 1.54) is 0 Å². The zero-order valence-electron chi connectivity index (χ0n) is 12.1. The summed E-state index contributed by atoms with van der Waals surface area (Å²) in [6.45, 7) is 12.7. The molecule has 0 heterocycles. The lowest BCUT2D eigenvalue weighted by molar-refractivity contribution is 0.352. The highest BCUT2D eigenvalue weighted by Gasteiger charge is 2.01. The van der Waals surface area contributed by atoms with Crippen LogP contribution in [0.4, 0.5) is 0 Å². The van der Waals surface area contributed by atoms with Crippen molar-refractivity contribution in [1.29, 1.82) is 0 Å². The van der Waals surface area contributed by atoms with Crippen molar-refractivity contribution in [3.8, 4) is 11.5 Å². The lowest BCUT2D eigenvalue weighted by Gasteiger charge is -2.09. The molecule has 0 aliphatic heterocycles. The smallest absolute Gasteiger partial charge is 0.120 e. The molecule has 2 aromatic carbocycles. The summed E-state index contributed by atoms with van der Waals surface area (Å²) in [5.74, 6) is 1.72. The number of benzene rings is 2. The summed E-state index contributed by atoms with van der Waals surface area (Å²) in [6.07, 6.45) is 0. The quantitative estimate of drug-likeness (QED) is 0.704. The summed E-state index contributed by atoms with van der Waals surface area (Å²) in [6, 6.07) is 12.1. The van der Waals surface area contributed by atoms with Gasteiger partial charge in [-0.25, -0.2) is 0 Å². The van der Waals surface area contributed by atoms with Gasteiger partial charge < -0.3 is 9.47 Å². The van der Waals surface area contributed by atoms with E-state index in [1.54, 1.807) is 0 Å². The lowest BCUT2D eigenvalue weighted by Crippen LogP contribution is -1.98. The van der Waals surface area contributed by atoms with Crippen LogP contribution in [0.2, 0.25) is 0 Å². The van der Waals surface area contributed by atoms with Crippen molar-refractivity contribution in [2.75, 3.05) is 13.2 Å². The largest absolute Gasteiger partial charge is 0.489 e. The first-order valence-corrected chi connectivity index (χ1v) is 6.63. The van der Waals surface area contributed by atoms with Gasteiger partial charge in [0.1, 0.15) is 24.7 Å². The predicted molar refractivity (Wildman–Crippen MR) is 84.6 cm³/mol. The Labute approximate surface area is 120 Å². The lowest BCUT2D eigenvalue weighted by atomic mass is 10.1. The van der Waals surface area contributed by atoms with E-state index >= 15 is 0 Å². The normalized spacial score (nSPS) is 10.3. The molecule has 0 spiro atoms. The molecule has 2 aromatic rings. The molecule has 0 fully saturated rings. The molecule has 0 saturated heterocycles. The van der Waals surface area contributed by atoms with Crippen LogP contribution in [0.25, 0.3) is 10.8 Å². The van der Waals surface area contributed by atoms with Gasteiger partial charge in [0.2, 0.25) is 0 Å². The van der Waals surface area contributed by atoms with Gasteiger partial charge in [0.15, 0.2) is 0 Å². The summed E-state index contributed by atoms with van der Waals surface area (Å²) in [5.41, 5.74) is 2.02. The second-order valence-electron chi connectivity index (χ2n) is 5.16. The van der Waals surface area contributed by atoms with Gasteiger partial charge in [-0.2, -0.15) is 0 Å². The van der Waals surface area contributed by atoms with Crippen LogP contribution >= 0.6 is 0 Å². The highest BCUT2D eigenvalue weighted by molar-refractivity contribution is 5.85. The predicted octanol–water partition coefficient (Wildman–Crippen LogP) is 4.75. The first kappa shape index (κ1) is 14.2. The molecular formula is C18H20O2. The summed E-state index contributed by atoms with van der Waals surface area (Å²) in [4.78, 5) is 0. The number of ether oxygens (including phenoxy) is 2. The maximum atomic E-state index is 5.64. The van der Waals surface area contributed by atoms with Crippen molar-refractivity contribution in [3.63, 3.8) is 0 Å². The Balaban J connectivity index is 2.16. The maximum Gasteiger partial charge on any atom is 0.120 e. The minimum atomic E-state index is 0.547. The molecule has 0 unspecified atom stereocenters. The van der Waals surface area contributed by atoms with E-state index in [0.29, 0.717) is 13.2 Å². The van der Waals surface area contributed by atoms with Crippen molar-refractivity contribution in [2.45, 2.75) is 13.8 Å². The Morgan fingerprint density at radius 2 is 1.20 bits per heavy atom. The van der Waals surface area contributed by atoms with E-state index in [-0.39, 0.29) is 0 Å². The number of hydrogen-bond acceptors (Lipinski definition) is 2. The van der Waals surface area contributed by atoms with Crippen LogP contribution in [-0.2, 0) is 0 Å². The summed E-state index contributed by atoms with van der Waals surface area (Å²) in [5, 5.41) is 2.26. The summed E-state index contributed by atoms with van der Waals surface area (Å²) >= 11 is 0. The van der Waals surface area contributed by atoms with Crippen LogP contribution in [0.3, 0.4) is 0 Å². The van der Waals surface area contributed by atoms with Gasteiger partial charge in [-0.1, -0.05) is 25.3 Å². The summed E-state index contributed by atoms with van der Waals surface area (Å²) in [7, 11) is 0. The highest BCUT2D eigenvalue weighted by Crippen LogP contribution is 2.25. The number of fused-ring (bicyclic) bond motifs is 1. The van der Waals surface area contributed by atoms with Gasteiger partial charge >= 0.3 is 0 Å². The van der Waals surface area contributed by atoms with Gasteiger partial charge in [-0.15, -0.1) is 0 Å². The molecule has 0 saturated carbocycles. The standard InChI is InChI=1S/C18H20O2/c1-13(2)11-19-17-7-5-16-10-18(20-12-14(3)4)8-6-15(16)9-17/h5-10H,1,3,11-12H2,2,4H3. The van der Waals surface area contributed by atoms with Crippen LogP contribution in [0.15, 0.2) is 60.7 Å². The Kier molecular flexibility index (Phi) is 4.46. The van der Waals surface area contributed by atoms with Crippen LogP contribution in [0, 0.1) is 0 Å². The van der Waals surface area contributed by atoms with Crippen molar-refractivity contribution in [2.24, 2.45) is 0 Å². The molecule has 2 heteroatoms. The van der Waals surface area contributed by atoms with Crippen LogP contribution in [0.1, 0.15) is 13.8 Å². The Morgan fingerprint density at radius 3 is 1.55 bits per heavy atom. The van der Waals surface area contributed by atoms with Crippen LogP contribution in [0.5, 0.6) is 11.5 Å². The van der Waals surface area contributed by atoms with Crippen molar-refractivity contribution in [3.05, 3.63) is 60.7 Å². The Hall–Kier alpha value is -2.22. The van der Waals surface area contributed by atoms with Crippen molar-refractivity contribution in [1.82, 2.24) is 0 Å². The fourth-order valence-corrected chi connectivity index (χ4v) is 1.79. The number of hydrogen-bond donors (Lipinski definition) is 0. The molecule has 104 valence electrons. The van der Waals surface area contributed by atoms with Gasteiger partial charge in [0.05, 0.1) is 0 Å². The van der Waals surface area contributed by atoms with Crippen molar-refractivity contribution >= 4 is 10.8 Å². The average molecular weight is 268 g/mol. The fraction of sp³-hybridized carbons (Fsp3) is 0.222. The molecule has 20 heavy (non-hydrogen) atoms. The van der Waals surface area contributed by atoms with E-state index in [2.05, 4.69) is 13.2 Å². The molecular weight excluding hydrogens is 248 g/mol. The minimum absolute atomic E-state index is 0.547. The molecule has 0 N–H and O–H groups in total. The van der Waals surface area contributed by atoms with E-state index in [9.17, 15) is 0 Å². The molecule has 0 aliphatic rings. The molecule has 0 aliphatic carbocycles. The van der Waals surface area contributed by atoms with E-state index in [0.717, 1.165) is 33.4 Å². The van der Waals surface area contributed by atoms with Crippen molar-refractivity contribution < 1.29 is 9.47 Å². The third-order valence-corrected chi connectivity index (χ3v) is 2.75. The van der Waals surface area contributed by atoms with E-state index < -0.39 is 0 Å². The van der Waals surface area contributed by atoms with Gasteiger partial charge in [-0.3, -0.25) is 0 Å². The molecule has 2 nitrogen and oxygen atoms in total. The SMILES string of the molecule is C=C(C)COc1ccc2cc(OCC(=C)C)ccc2c1. The topological polar surface area (TPSA) is 18.5 Å². The third kappa shape index (κ3) is 3.89. The average Bonchev–Trinajstić information content (AvgIpc) is 2.42. The fourth-order valence-electron chi connectivity index (χ4n) is 1.79. The number of rotatable bonds is 6. The van der Waals surface area contributed by atoms with Gasteiger partial charge in [0.25, 0.3) is 0 Å². The Bertz CT molecular complexity index is 584. The molecule has 0 bridgehead atoms. The Morgan fingerprint density at radius 1 is 0.800 bits per heavy atom. The molecule has 0 aromatic heterocycles.